The fraction of sp³-hybridized carbons (Fsp3) is 1.00. The van der Waals surface area contributed by atoms with E-state index in [9.17, 15) is 0 Å². The van der Waals surface area contributed by atoms with Crippen LogP contribution in [0, 0.1) is 0 Å². The molecular formula is C29H74. The molecule has 3 aliphatic carbocycles. The van der Waals surface area contributed by atoms with Gasteiger partial charge in [0.05, 0.1) is 0 Å². The summed E-state index contributed by atoms with van der Waals surface area (Å²) in [6.45, 7) is 32.2. The SMILES string of the molecule is C1CCC1.C1CCC1.C1CCC1.CC.CC.CC.CC.CC.CC.CC.CCC. The standard InChI is InChI=1S/3C4H8.C3H8.7C2H6/c3*1-2-4-3-1;1-3-2;7*1-2/h3*1-4H2;3H2,1-2H3;7*1-2H3. The second-order valence-corrected chi connectivity index (χ2v) is 4.95. The minimum absolute atomic E-state index is 1.25. The summed E-state index contributed by atoms with van der Waals surface area (Å²) >= 11 is 0. The van der Waals surface area contributed by atoms with Crippen LogP contribution in [-0.4, -0.2) is 0 Å². The van der Waals surface area contributed by atoms with Crippen molar-refractivity contribution in [1.82, 2.24) is 0 Å². The molecule has 0 amide bonds. The molecule has 0 heteroatoms. The Bertz CT molecular complexity index is 53.2. The maximum Gasteiger partial charge on any atom is -0.0533 e. The molecule has 0 aromatic heterocycles. The predicted molar refractivity (Wildman–Crippen MR) is 151 cm³/mol. The molecule has 3 fully saturated rings. The van der Waals surface area contributed by atoms with Gasteiger partial charge in [-0.2, -0.15) is 0 Å². The van der Waals surface area contributed by atoms with Crippen LogP contribution in [-0.2, 0) is 0 Å². The summed E-state index contributed by atoms with van der Waals surface area (Å²) in [4.78, 5) is 0. The van der Waals surface area contributed by atoms with Gasteiger partial charge in [-0.1, -0.05) is 194 Å². The van der Waals surface area contributed by atoms with Crippen molar-refractivity contribution in [2.24, 2.45) is 0 Å². The Balaban J connectivity index is -0.0000000286. The maximum atomic E-state index is 2.12. The van der Waals surface area contributed by atoms with E-state index in [0.29, 0.717) is 0 Å². The lowest BCUT2D eigenvalue weighted by atomic mass is 10.0. The van der Waals surface area contributed by atoms with Crippen LogP contribution in [0.2, 0.25) is 0 Å². The Hall–Kier alpha value is 0. The van der Waals surface area contributed by atoms with Gasteiger partial charge in [-0.3, -0.25) is 0 Å². The van der Waals surface area contributed by atoms with Gasteiger partial charge in [-0.15, -0.1) is 0 Å². The summed E-state index contributed by atoms with van der Waals surface area (Å²) in [6, 6.07) is 0. The Labute approximate surface area is 194 Å². The lowest BCUT2D eigenvalue weighted by Crippen LogP contribution is -1.85. The molecule has 0 heterocycles. The minimum Gasteiger partial charge on any atom is -0.0683 e. The molecule has 0 atom stereocenters. The average Bonchev–Trinajstić information content (AvgIpc) is 2.69. The van der Waals surface area contributed by atoms with Crippen molar-refractivity contribution in [2.45, 2.75) is 194 Å². The molecule has 3 saturated carbocycles. The Morgan fingerprint density at radius 2 is 0.276 bits per heavy atom. The first-order chi connectivity index (χ1) is 14.4. The third kappa shape index (κ3) is 131. The molecule has 190 valence electrons. The second kappa shape index (κ2) is 121. The van der Waals surface area contributed by atoms with Gasteiger partial charge in [0.1, 0.15) is 0 Å². The molecule has 0 aromatic rings. The Kier molecular flexibility index (Phi) is 215. The number of rotatable bonds is 0. The van der Waals surface area contributed by atoms with E-state index in [1.54, 1.807) is 0 Å². The van der Waals surface area contributed by atoms with E-state index in [-0.39, 0.29) is 0 Å². The fourth-order valence-corrected chi connectivity index (χ4v) is 0.750. The van der Waals surface area contributed by atoms with E-state index in [1.807, 2.05) is 96.9 Å². The third-order valence-electron chi connectivity index (χ3n) is 3.00. The van der Waals surface area contributed by atoms with Gasteiger partial charge < -0.3 is 0 Å². The highest BCUT2D eigenvalue weighted by Crippen LogP contribution is 2.15. The van der Waals surface area contributed by atoms with Crippen LogP contribution < -0.4 is 0 Å². The van der Waals surface area contributed by atoms with Crippen molar-refractivity contribution in [3.8, 4) is 0 Å². The highest BCUT2D eigenvalue weighted by Gasteiger charge is 1.96. The highest BCUT2D eigenvalue weighted by molar-refractivity contribution is 4.51. The van der Waals surface area contributed by atoms with E-state index in [0.717, 1.165) is 0 Å². The molecule has 3 aliphatic rings. The molecule has 0 N–H and O–H groups in total. The lowest BCUT2D eigenvalue weighted by molar-refractivity contribution is 0.504. The molecule has 0 bridgehead atoms. The summed E-state index contributed by atoms with van der Waals surface area (Å²) in [7, 11) is 0. The van der Waals surface area contributed by atoms with Crippen LogP contribution in [0.15, 0.2) is 0 Å². The van der Waals surface area contributed by atoms with Crippen molar-refractivity contribution in [1.29, 1.82) is 0 Å². The minimum atomic E-state index is 1.25. The maximum absolute atomic E-state index is 2.12. The molecule has 0 unspecified atom stereocenters. The van der Waals surface area contributed by atoms with Crippen molar-refractivity contribution in [2.75, 3.05) is 0 Å². The van der Waals surface area contributed by atoms with Gasteiger partial charge in [-0.05, 0) is 0 Å². The monoisotopic (exact) mass is 423 g/mol. The highest BCUT2D eigenvalue weighted by atomic mass is 14.0. The van der Waals surface area contributed by atoms with Crippen molar-refractivity contribution in [3.63, 3.8) is 0 Å². The molecule has 29 heavy (non-hydrogen) atoms. The van der Waals surface area contributed by atoms with Crippen LogP contribution >= 0.6 is 0 Å². The van der Waals surface area contributed by atoms with E-state index in [4.69, 9.17) is 0 Å². The van der Waals surface area contributed by atoms with E-state index >= 15 is 0 Å². The molecule has 0 spiro atoms. The second-order valence-electron chi connectivity index (χ2n) is 4.95. The zero-order valence-electron chi connectivity index (χ0n) is 25.2. The van der Waals surface area contributed by atoms with E-state index < -0.39 is 0 Å². The first-order valence-corrected chi connectivity index (χ1v) is 14.4. The molecule has 0 saturated heterocycles. The van der Waals surface area contributed by atoms with Crippen LogP contribution in [0.1, 0.15) is 194 Å². The van der Waals surface area contributed by atoms with Gasteiger partial charge in [0.25, 0.3) is 0 Å². The van der Waals surface area contributed by atoms with Gasteiger partial charge >= 0.3 is 0 Å². The van der Waals surface area contributed by atoms with Gasteiger partial charge in [0.15, 0.2) is 0 Å². The summed E-state index contributed by atoms with van der Waals surface area (Å²) in [6.07, 6.45) is 19.2. The van der Waals surface area contributed by atoms with Crippen molar-refractivity contribution in [3.05, 3.63) is 0 Å². The topological polar surface area (TPSA) is 0 Å². The normalized spacial score (nSPS) is 12.0. The van der Waals surface area contributed by atoms with Crippen LogP contribution in [0.4, 0.5) is 0 Å². The fourth-order valence-electron chi connectivity index (χ4n) is 0.750. The summed E-state index contributed by atoms with van der Waals surface area (Å²) in [5, 5.41) is 0. The van der Waals surface area contributed by atoms with Crippen LogP contribution in [0.5, 0.6) is 0 Å². The summed E-state index contributed by atoms with van der Waals surface area (Å²) in [5.74, 6) is 0. The lowest BCUT2D eigenvalue weighted by Gasteiger charge is -2.05. The molecule has 0 aromatic carbocycles. The first kappa shape index (κ1) is 51.6. The largest absolute Gasteiger partial charge is 0.0683 e. The summed E-state index contributed by atoms with van der Waals surface area (Å²) < 4.78 is 0. The molecule has 3 rings (SSSR count). The number of hydrogen-bond acceptors (Lipinski definition) is 0. The van der Waals surface area contributed by atoms with Crippen molar-refractivity contribution < 1.29 is 0 Å². The van der Waals surface area contributed by atoms with Crippen molar-refractivity contribution >= 4 is 0 Å². The average molecular weight is 423 g/mol. The smallest absolute Gasteiger partial charge is 0.0533 e. The van der Waals surface area contributed by atoms with Gasteiger partial charge in [0, 0.05) is 0 Å². The summed E-state index contributed by atoms with van der Waals surface area (Å²) in [5.41, 5.74) is 0. The van der Waals surface area contributed by atoms with E-state index in [2.05, 4.69) is 13.8 Å². The zero-order chi connectivity index (χ0) is 25.2. The third-order valence-corrected chi connectivity index (χ3v) is 3.00. The van der Waals surface area contributed by atoms with Gasteiger partial charge in [-0.25, -0.2) is 0 Å². The predicted octanol–water partition coefficient (Wildman–Crippen LogP) is 13.3. The van der Waals surface area contributed by atoms with E-state index in [1.165, 1.54) is 83.5 Å². The molecule has 0 aliphatic heterocycles. The Morgan fingerprint density at radius 3 is 0.276 bits per heavy atom. The quantitative estimate of drug-likeness (QED) is 0.364. The first-order valence-electron chi connectivity index (χ1n) is 14.4. The molecule has 0 nitrogen and oxygen atoms in total. The number of hydrogen-bond donors (Lipinski definition) is 0. The van der Waals surface area contributed by atoms with Crippen LogP contribution in [0.3, 0.4) is 0 Å². The Morgan fingerprint density at radius 1 is 0.241 bits per heavy atom. The van der Waals surface area contributed by atoms with Crippen LogP contribution in [0.25, 0.3) is 0 Å². The van der Waals surface area contributed by atoms with Gasteiger partial charge in [0.2, 0.25) is 0 Å². The molecular weight excluding hydrogens is 348 g/mol. The zero-order valence-corrected chi connectivity index (χ0v) is 25.2. The molecule has 0 radical (unpaired) electrons.